The Labute approximate surface area is 113 Å². The van der Waals surface area contributed by atoms with Crippen LogP contribution in [-0.4, -0.2) is 21.0 Å². The number of hydrogen-bond acceptors (Lipinski definition) is 5. The molecule has 0 spiro atoms. The number of nitro groups is 1. The number of ether oxygens (including phenoxy) is 1. The number of carboxylic acid groups (broad SMARTS) is 1. The average Bonchev–Trinajstić information content (AvgIpc) is 2.38. The van der Waals surface area contributed by atoms with Gasteiger partial charge in [0.1, 0.15) is 11.3 Å². The second-order valence-corrected chi connectivity index (χ2v) is 3.94. The van der Waals surface area contributed by atoms with Gasteiger partial charge in [0, 0.05) is 11.8 Å². The maximum absolute atomic E-state index is 11.1. The minimum Gasteiger partial charge on any atom is -0.478 e. The van der Waals surface area contributed by atoms with Crippen LogP contribution in [0, 0.1) is 17.0 Å². The van der Waals surface area contributed by atoms with Crippen LogP contribution >= 0.6 is 0 Å². The molecule has 1 heterocycles. The maximum atomic E-state index is 11.1. The molecule has 1 aromatic carbocycles. The van der Waals surface area contributed by atoms with E-state index < -0.39 is 10.9 Å². The lowest BCUT2D eigenvalue weighted by Gasteiger charge is -2.08. The second-order valence-electron chi connectivity index (χ2n) is 3.94. The molecule has 7 heteroatoms. The number of carbonyl (C=O) groups is 1. The zero-order chi connectivity index (χ0) is 14.7. The number of aromatic nitrogens is 1. The number of aryl methyl sites for hydroxylation is 1. The molecule has 0 amide bonds. The summed E-state index contributed by atoms with van der Waals surface area (Å²) in [6, 6.07) is 8.61. The number of benzene rings is 1. The Hall–Kier alpha value is -2.96. The summed E-state index contributed by atoms with van der Waals surface area (Å²) in [6.45, 7) is 1.65. The van der Waals surface area contributed by atoms with Crippen LogP contribution in [0.2, 0.25) is 0 Å². The highest BCUT2D eigenvalue weighted by molar-refractivity contribution is 5.90. The van der Waals surface area contributed by atoms with Crippen molar-refractivity contribution in [3.8, 4) is 11.6 Å². The molecule has 1 N–H and O–H groups in total. The third-order valence-electron chi connectivity index (χ3n) is 2.50. The van der Waals surface area contributed by atoms with Crippen LogP contribution in [0.5, 0.6) is 11.6 Å². The summed E-state index contributed by atoms with van der Waals surface area (Å²) in [5, 5.41) is 20.0. The number of pyridine rings is 1. The standard InChI is InChI=1S/C13H10N2O5/c1-8-6-7-10(15(18)19)12(14-8)20-11-5-3-2-4-9(11)13(16)17/h2-7H,1H3,(H,16,17). The van der Waals surface area contributed by atoms with Gasteiger partial charge >= 0.3 is 11.7 Å². The van der Waals surface area contributed by atoms with Crippen molar-refractivity contribution >= 4 is 11.7 Å². The number of nitrogens with zero attached hydrogens (tertiary/aromatic N) is 2. The molecule has 0 aliphatic carbocycles. The molecule has 1 aromatic heterocycles. The molecule has 0 fully saturated rings. The van der Waals surface area contributed by atoms with E-state index in [9.17, 15) is 14.9 Å². The van der Waals surface area contributed by atoms with E-state index in [4.69, 9.17) is 9.84 Å². The Balaban J connectivity index is 2.47. The summed E-state index contributed by atoms with van der Waals surface area (Å²) in [5.74, 6) is -1.42. The van der Waals surface area contributed by atoms with Crippen LogP contribution in [0.1, 0.15) is 16.1 Å². The van der Waals surface area contributed by atoms with Gasteiger partial charge in [-0.1, -0.05) is 12.1 Å². The topological polar surface area (TPSA) is 103 Å². The summed E-state index contributed by atoms with van der Waals surface area (Å²) in [4.78, 5) is 25.3. The van der Waals surface area contributed by atoms with E-state index >= 15 is 0 Å². The van der Waals surface area contributed by atoms with Gasteiger partial charge in [-0.05, 0) is 25.1 Å². The van der Waals surface area contributed by atoms with Crippen LogP contribution < -0.4 is 4.74 Å². The molecular weight excluding hydrogens is 264 g/mol. The van der Waals surface area contributed by atoms with E-state index in [0.717, 1.165) is 0 Å². The number of hydrogen-bond donors (Lipinski definition) is 1. The summed E-state index contributed by atoms with van der Waals surface area (Å²) in [5.41, 5.74) is 0.110. The summed E-state index contributed by atoms with van der Waals surface area (Å²) in [6.07, 6.45) is 0. The fraction of sp³-hybridized carbons (Fsp3) is 0.0769. The van der Waals surface area contributed by atoms with Crippen molar-refractivity contribution in [3.63, 3.8) is 0 Å². The Morgan fingerprint density at radius 2 is 2.00 bits per heavy atom. The van der Waals surface area contributed by atoms with Gasteiger partial charge in [0.15, 0.2) is 0 Å². The van der Waals surface area contributed by atoms with Gasteiger partial charge in [-0.2, -0.15) is 0 Å². The fourth-order valence-corrected chi connectivity index (χ4v) is 1.58. The lowest BCUT2D eigenvalue weighted by molar-refractivity contribution is -0.386. The van der Waals surface area contributed by atoms with Crippen molar-refractivity contribution in [1.82, 2.24) is 4.98 Å². The van der Waals surface area contributed by atoms with Crippen molar-refractivity contribution in [2.45, 2.75) is 6.92 Å². The second kappa shape index (κ2) is 5.35. The zero-order valence-electron chi connectivity index (χ0n) is 10.4. The van der Waals surface area contributed by atoms with Crippen molar-refractivity contribution in [3.05, 3.63) is 57.8 Å². The Morgan fingerprint density at radius 1 is 1.30 bits per heavy atom. The number of aromatic carboxylic acids is 1. The maximum Gasteiger partial charge on any atom is 0.339 e. The third kappa shape index (κ3) is 2.72. The molecule has 0 unspecified atom stereocenters. The largest absolute Gasteiger partial charge is 0.478 e. The minimum atomic E-state index is -1.18. The Morgan fingerprint density at radius 3 is 2.65 bits per heavy atom. The van der Waals surface area contributed by atoms with Crippen LogP contribution in [0.25, 0.3) is 0 Å². The monoisotopic (exact) mass is 274 g/mol. The molecule has 7 nitrogen and oxygen atoms in total. The average molecular weight is 274 g/mol. The molecule has 2 rings (SSSR count). The van der Waals surface area contributed by atoms with Gasteiger partial charge in [-0.3, -0.25) is 10.1 Å². The van der Waals surface area contributed by atoms with E-state index in [-0.39, 0.29) is 22.9 Å². The molecule has 2 aromatic rings. The predicted octanol–water partition coefficient (Wildman–Crippen LogP) is 2.79. The molecular formula is C13H10N2O5. The molecule has 102 valence electrons. The van der Waals surface area contributed by atoms with Crippen molar-refractivity contribution in [1.29, 1.82) is 0 Å². The summed E-state index contributed by atoms with van der Waals surface area (Å²) < 4.78 is 5.31. The molecule has 0 atom stereocenters. The van der Waals surface area contributed by atoms with Crippen LogP contribution in [0.15, 0.2) is 36.4 Å². The van der Waals surface area contributed by atoms with Gasteiger partial charge in [0.25, 0.3) is 5.88 Å². The van der Waals surface area contributed by atoms with E-state index in [0.29, 0.717) is 5.69 Å². The predicted molar refractivity (Wildman–Crippen MR) is 69.1 cm³/mol. The first-order valence-corrected chi connectivity index (χ1v) is 5.61. The van der Waals surface area contributed by atoms with Crippen LogP contribution in [0.3, 0.4) is 0 Å². The first-order valence-electron chi connectivity index (χ1n) is 5.61. The van der Waals surface area contributed by atoms with E-state index in [1.807, 2.05) is 0 Å². The van der Waals surface area contributed by atoms with Crippen LogP contribution in [-0.2, 0) is 0 Å². The van der Waals surface area contributed by atoms with Gasteiger partial charge in [0.05, 0.1) is 4.92 Å². The lowest BCUT2D eigenvalue weighted by atomic mass is 10.2. The molecule has 0 saturated carbocycles. The first kappa shape index (κ1) is 13.5. The van der Waals surface area contributed by atoms with Gasteiger partial charge in [-0.25, -0.2) is 9.78 Å². The number of rotatable bonds is 4. The van der Waals surface area contributed by atoms with Crippen LogP contribution in [0.4, 0.5) is 5.69 Å². The molecule has 0 saturated heterocycles. The Bertz CT molecular complexity index is 684. The van der Waals surface area contributed by atoms with Crippen molar-refractivity contribution in [2.75, 3.05) is 0 Å². The Kier molecular flexibility index (Phi) is 3.60. The van der Waals surface area contributed by atoms with E-state index in [1.54, 1.807) is 13.0 Å². The summed E-state index contributed by atoms with van der Waals surface area (Å²) in [7, 11) is 0. The molecule has 20 heavy (non-hydrogen) atoms. The van der Waals surface area contributed by atoms with E-state index in [2.05, 4.69) is 4.98 Å². The third-order valence-corrected chi connectivity index (χ3v) is 2.50. The summed E-state index contributed by atoms with van der Waals surface area (Å²) >= 11 is 0. The quantitative estimate of drug-likeness (QED) is 0.679. The minimum absolute atomic E-state index is 0.00111. The molecule has 0 radical (unpaired) electrons. The van der Waals surface area contributed by atoms with E-state index in [1.165, 1.54) is 30.3 Å². The SMILES string of the molecule is Cc1ccc([N+](=O)[O-])c(Oc2ccccc2C(=O)O)n1. The first-order chi connectivity index (χ1) is 9.49. The fourth-order valence-electron chi connectivity index (χ4n) is 1.58. The van der Waals surface area contributed by atoms with Gasteiger partial charge in [-0.15, -0.1) is 0 Å². The number of carboxylic acids is 1. The molecule has 0 aliphatic rings. The smallest absolute Gasteiger partial charge is 0.339 e. The van der Waals surface area contributed by atoms with Crippen molar-refractivity contribution in [2.24, 2.45) is 0 Å². The molecule has 0 aliphatic heterocycles. The number of para-hydroxylation sites is 1. The van der Waals surface area contributed by atoms with Crippen molar-refractivity contribution < 1.29 is 19.6 Å². The zero-order valence-corrected chi connectivity index (χ0v) is 10.4. The highest BCUT2D eigenvalue weighted by atomic mass is 16.6. The highest BCUT2D eigenvalue weighted by Gasteiger charge is 2.20. The van der Waals surface area contributed by atoms with Gasteiger partial charge < -0.3 is 9.84 Å². The molecule has 0 bridgehead atoms. The highest BCUT2D eigenvalue weighted by Crippen LogP contribution is 2.31. The lowest BCUT2D eigenvalue weighted by Crippen LogP contribution is -2.02. The van der Waals surface area contributed by atoms with Gasteiger partial charge in [0.2, 0.25) is 0 Å². The normalized spacial score (nSPS) is 10.1.